The summed E-state index contributed by atoms with van der Waals surface area (Å²) in [5, 5.41) is 0. The van der Waals surface area contributed by atoms with Crippen molar-refractivity contribution in [1.82, 2.24) is 0 Å². The average Bonchev–Trinajstić information content (AvgIpc) is 2.47. The van der Waals surface area contributed by atoms with Gasteiger partial charge in [0, 0.05) is 0 Å². The van der Waals surface area contributed by atoms with Crippen LogP contribution in [0.3, 0.4) is 0 Å². The van der Waals surface area contributed by atoms with E-state index in [2.05, 4.69) is 0 Å². The van der Waals surface area contributed by atoms with Crippen LogP contribution in [0.1, 0.15) is 30.1 Å². The molecule has 0 aliphatic carbocycles. The van der Waals surface area contributed by atoms with Gasteiger partial charge in [0.05, 0.1) is 31.0 Å². The third-order valence-corrected chi connectivity index (χ3v) is 4.66. The Balaban J connectivity index is 2.06. The minimum Gasteiger partial charge on any atom is -0.462 e. The number of unbranched alkanes of at least 4 members (excludes halogenated alkanes) is 1. The van der Waals surface area contributed by atoms with E-state index in [1.165, 1.54) is 4.31 Å². The molecule has 6 nitrogen and oxygen atoms in total. The quantitative estimate of drug-likeness (QED) is 0.612. The number of rotatable bonds is 5. The fourth-order valence-electron chi connectivity index (χ4n) is 1.96. The molecule has 116 valence electrons. The molecule has 0 bridgehead atoms. The van der Waals surface area contributed by atoms with E-state index in [0.29, 0.717) is 24.5 Å². The number of hydrogen-bond acceptors (Lipinski definition) is 5. The van der Waals surface area contributed by atoms with Gasteiger partial charge in [0.25, 0.3) is 10.0 Å². The monoisotopic (exact) mass is 313 g/mol. The Hall–Kier alpha value is -1.60. The van der Waals surface area contributed by atoms with E-state index in [1.54, 1.807) is 24.3 Å². The van der Waals surface area contributed by atoms with E-state index < -0.39 is 10.0 Å². The highest BCUT2D eigenvalue weighted by molar-refractivity contribution is 7.92. The van der Waals surface area contributed by atoms with Crippen molar-refractivity contribution in [2.45, 2.75) is 19.8 Å². The van der Waals surface area contributed by atoms with Crippen molar-refractivity contribution in [3.05, 3.63) is 29.8 Å². The highest BCUT2D eigenvalue weighted by Crippen LogP contribution is 2.21. The highest BCUT2D eigenvalue weighted by Gasteiger charge is 2.26. The molecule has 1 aliphatic rings. The molecule has 1 aliphatic heterocycles. The van der Waals surface area contributed by atoms with Gasteiger partial charge in [0.1, 0.15) is 0 Å². The summed E-state index contributed by atoms with van der Waals surface area (Å²) < 4.78 is 35.1. The van der Waals surface area contributed by atoms with E-state index in [1.807, 2.05) is 6.92 Å². The van der Waals surface area contributed by atoms with E-state index in [0.717, 1.165) is 12.8 Å². The lowest BCUT2D eigenvalue weighted by atomic mass is 10.2. The molecule has 0 radical (unpaired) electrons. The minimum absolute atomic E-state index is 0.280. The normalized spacial score (nSPS) is 17.5. The van der Waals surface area contributed by atoms with Gasteiger partial charge in [-0.1, -0.05) is 13.3 Å². The molecule has 0 amide bonds. The molecule has 2 rings (SSSR count). The van der Waals surface area contributed by atoms with Crippen molar-refractivity contribution < 1.29 is 22.7 Å². The molecule has 1 heterocycles. The lowest BCUT2D eigenvalue weighted by molar-refractivity contribution is 0.0500. The van der Waals surface area contributed by atoms with Crippen LogP contribution < -0.4 is 4.31 Å². The minimum atomic E-state index is -3.43. The van der Waals surface area contributed by atoms with Crippen LogP contribution in [0.2, 0.25) is 0 Å². The zero-order valence-electron chi connectivity index (χ0n) is 11.9. The van der Waals surface area contributed by atoms with Crippen molar-refractivity contribution in [2.24, 2.45) is 0 Å². The second-order valence-corrected chi connectivity index (χ2v) is 6.59. The number of sulfonamides is 1. The van der Waals surface area contributed by atoms with Gasteiger partial charge in [-0.05, 0) is 30.7 Å². The van der Waals surface area contributed by atoms with Crippen LogP contribution in [-0.4, -0.2) is 40.1 Å². The Bertz CT molecular complexity index is 582. The molecule has 1 aromatic carbocycles. The Labute approximate surface area is 124 Å². The number of nitrogens with zero attached hydrogens (tertiary/aromatic N) is 1. The SMILES string of the molecule is CCCCOC(=O)c1ccc(N2CCOCS2(=O)=O)cc1. The van der Waals surface area contributed by atoms with Crippen LogP contribution >= 0.6 is 0 Å². The summed E-state index contributed by atoms with van der Waals surface area (Å²) in [5.74, 6) is -0.701. The van der Waals surface area contributed by atoms with Crippen molar-refractivity contribution in [2.75, 3.05) is 30.0 Å². The van der Waals surface area contributed by atoms with Gasteiger partial charge in [-0.2, -0.15) is 0 Å². The van der Waals surface area contributed by atoms with Gasteiger partial charge in [-0.25, -0.2) is 13.2 Å². The molecule has 7 heteroatoms. The lowest BCUT2D eigenvalue weighted by Crippen LogP contribution is -2.41. The topological polar surface area (TPSA) is 72.9 Å². The van der Waals surface area contributed by atoms with Crippen molar-refractivity contribution in [3.63, 3.8) is 0 Å². The summed E-state index contributed by atoms with van der Waals surface area (Å²) in [7, 11) is -3.43. The summed E-state index contributed by atoms with van der Waals surface area (Å²) in [4.78, 5) is 11.8. The second-order valence-electron chi connectivity index (χ2n) is 4.75. The van der Waals surface area contributed by atoms with Gasteiger partial charge < -0.3 is 9.47 Å². The third kappa shape index (κ3) is 3.95. The Morgan fingerprint density at radius 2 is 2.05 bits per heavy atom. The third-order valence-electron chi connectivity index (χ3n) is 3.13. The highest BCUT2D eigenvalue weighted by atomic mass is 32.2. The summed E-state index contributed by atoms with van der Waals surface area (Å²) >= 11 is 0. The predicted molar refractivity (Wildman–Crippen MR) is 78.7 cm³/mol. The molecule has 1 saturated heterocycles. The molecule has 0 saturated carbocycles. The molecule has 0 N–H and O–H groups in total. The van der Waals surface area contributed by atoms with Crippen molar-refractivity contribution >= 4 is 21.7 Å². The first-order valence-corrected chi connectivity index (χ1v) is 8.51. The molecule has 0 spiro atoms. The van der Waals surface area contributed by atoms with Gasteiger partial charge >= 0.3 is 5.97 Å². The molecular weight excluding hydrogens is 294 g/mol. The number of hydrogen-bond donors (Lipinski definition) is 0. The van der Waals surface area contributed by atoms with Crippen LogP contribution in [-0.2, 0) is 19.5 Å². The van der Waals surface area contributed by atoms with Gasteiger partial charge in [-0.3, -0.25) is 4.31 Å². The molecule has 21 heavy (non-hydrogen) atoms. The maximum absolute atomic E-state index is 11.9. The number of ether oxygens (including phenoxy) is 2. The molecule has 0 unspecified atom stereocenters. The summed E-state index contributed by atoms with van der Waals surface area (Å²) in [5.41, 5.74) is 0.948. The molecule has 0 aromatic heterocycles. The number of carbonyl (C=O) groups excluding carboxylic acids is 1. The van der Waals surface area contributed by atoms with Crippen molar-refractivity contribution in [1.29, 1.82) is 0 Å². The smallest absolute Gasteiger partial charge is 0.338 e. The molecular formula is C14H19NO5S. The standard InChI is InChI=1S/C14H19NO5S/c1-2-3-9-20-14(16)12-4-6-13(7-5-12)15-8-10-19-11-21(15,17)18/h4-7H,2-3,8-11H2,1H3. The Kier molecular flexibility index (Phi) is 5.19. The van der Waals surface area contributed by atoms with Crippen LogP contribution in [0.25, 0.3) is 0 Å². The zero-order valence-corrected chi connectivity index (χ0v) is 12.8. The van der Waals surface area contributed by atoms with Gasteiger partial charge in [-0.15, -0.1) is 0 Å². The number of anilines is 1. The number of benzene rings is 1. The first-order valence-electron chi connectivity index (χ1n) is 6.90. The predicted octanol–water partition coefficient (Wildman–Crippen LogP) is 1.77. The summed E-state index contributed by atoms with van der Waals surface area (Å²) in [6.07, 6.45) is 1.79. The second kappa shape index (κ2) is 6.91. The fraction of sp³-hybridized carbons (Fsp3) is 0.500. The Morgan fingerprint density at radius 1 is 1.33 bits per heavy atom. The van der Waals surface area contributed by atoms with Crippen LogP contribution in [0.5, 0.6) is 0 Å². The average molecular weight is 313 g/mol. The van der Waals surface area contributed by atoms with E-state index in [-0.39, 0.29) is 18.5 Å². The number of carbonyl (C=O) groups is 1. The fourth-order valence-corrected chi connectivity index (χ4v) is 3.21. The van der Waals surface area contributed by atoms with Crippen LogP contribution in [0.15, 0.2) is 24.3 Å². The van der Waals surface area contributed by atoms with E-state index in [9.17, 15) is 13.2 Å². The molecule has 0 atom stereocenters. The van der Waals surface area contributed by atoms with Gasteiger partial charge in [0.15, 0.2) is 5.94 Å². The Morgan fingerprint density at radius 3 is 2.67 bits per heavy atom. The summed E-state index contributed by atoms with van der Waals surface area (Å²) in [6, 6.07) is 6.38. The first-order chi connectivity index (χ1) is 10.0. The van der Waals surface area contributed by atoms with Crippen LogP contribution in [0, 0.1) is 0 Å². The van der Waals surface area contributed by atoms with Crippen molar-refractivity contribution in [3.8, 4) is 0 Å². The lowest BCUT2D eigenvalue weighted by Gasteiger charge is -2.28. The maximum Gasteiger partial charge on any atom is 0.338 e. The van der Waals surface area contributed by atoms with E-state index in [4.69, 9.17) is 9.47 Å². The first kappa shape index (κ1) is 15.8. The number of esters is 1. The van der Waals surface area contributed by atoms with Crippen LogP contribution in [0.4, 0.5) is 5.69 Å². The van der Waals surface area contributed by atoms with Gasteiger partial charge in [0.2, 0.25) is 0 Å². The zero-order chi connectivity index (χ0) is 15.3. The molecule has 1 aromatic rings. The molecule has 1 fully saturated rings. The van der Waals surface area contributed by atoms with E-state index >= 15 is 0 Å². The largest absolute Gasteiger partial charge is 0.462 e. The maximum atomic E-state index is 11.9. The summed E-state index contributed by atoms with van der Waals surface area (Å²) in [6.45, 7) is 3.06.